The zero-order valence-corrected chi connectivity index (χ0v) is 11.6. The smallest absolute Gasteiger partial charge is 0.223 e. The fourth-order valence-electron chi connectivity index (χ4n) is 1.73. The fraction of sp³-hybridized carbons (Fsp3) is 0.462. The number of carbonyl (C=O) groups excluding carboxylic acids is 1. The lowest BCUT2D eigenvalue weighted by Crippen LogP contribution is -2.26. The highest BCUT2D eigenvalue weighted by Crippen LogP contribution is 2.31. The van der Waals surface area contributed by atoms with Crippen LogP contribution in [0.4, 0.5) is 0 Å². The third-order valence-corrected chi connectivity index (χ3v) is 3.61. The number of benzene rings is 1. The number of carbonyl (C=O) groups is 1. The summed E-state index contributed by atoms with van der Waals surface area (Å²) in [6, 6.07) is 3.48. The van der Waals surface area contributed by atoms with E-state index in [1.807, 2.05) is 0 Å². The van der Waals surface area contributed by atoms with E-state index in [1.54, 1.807) is 19.2 Å². The van der Waals surface area contributed by atoms with Gasteiger partial charge in [0, 0.05) is 23.6 Å². The van der Waals surface area contributed by atoms with E-state index in [2.05, 4.69) is 5.32 Å². The minimum Gasteiger partial charge on any atom is -0.495 e. The Balaban J connectivity index is 1.92. The Labute approximate surface area is 116 Å². The van der Waals surface area contributed by atoms with Crippen LogP contribution in [0.1, 0.15) is 18.4 Å². The maximum atomic E-state index is 11.5. The molecule has 1 aliphatic carbocycles. The minimum absolute atomic E-state index is 0.144. The lowest BCUT2D eigenvalue weighted by molar-refractivity contribution is -0.122. The number of ether oxygens (including phenoxy) is 1. The Kier molecular flexibility index (Phi) is 4.36. The maximum absolute atomic E-state index is 11.5. The molecule has 0 aliphatic heterocycles. The predicted molar refractivity (Wildman–Crippen MR) is 72.5 cm³/mol. The summed E-state index contributed by atoms with van der Waals surface area (Å²) in [4.78, 5) is 11.5. The number of nitrogens with one attached hydrogen (secondary N) is 1. The van der Waals surface area contributed by atoms with Crippen molar-refractivity contribution >= 4 is 29.1 Å². The first-order valence-corrected chi connectivity index (χ1v) is 6.67. The van der Waals surface area contributed by atoms with E-state index in [0.29, 0.717) is 28.8 Å². The van der Waals surface area contributed by atoms with Crippen LogP contribution in [-0.2, 0) is 11.2 Å². The fourth-order valence-corrected chi connectivity index (χ4v) is 2.24. The van der Waals surface area contributed by atoms with Gasteiger partial charge in [-0.3, -0.25) is 4.79 Å². The van der Waals surface area contributed by atoms with Crippen molar-refractivity contribution in [1.29, 1.82) is 0 Å². The molecule has 1 fully saturated rings. The molecule has 1 aliphatic rings. The van der Waals surface area contributed by atoms with E-state index in [9.17, 15) is 4.79 Å². The molecule has 0 heterocycles. The molecule has 0 aromatic heterocycles. The SMILES string of the molecule is COc1cc(Cl)c(CCNC(=O)C2CC2)cc1Cl. The number of hydrogen-bond donors (Lipinski definition) is 1. The Morgan fingerprint density at radius 1 is 1.39 bits per heavy atom. The van der Waals surface area contributed by atoms with Crippen molar-refractivity contribution in [2.24, 2.45) is 5.92 Å². The van der Waals surface area contributed by atoms with E-state index in [-0.39, 0.29) is 11.8 Å². The van der Waals surface area contributed by atoms with E-state index < -0.39 is 0 Å². The molecule has 5 heteroatoms. The zero-order chi connectivity index (χ0) is 13.1. The van der Waals surface area contributed by atoms with Crippen LogP contribution in [0.3, 0.4) is 0 Å². The summed E-state index contributed by atoms with van der Waals surface area (Å²) in [6.07, 6.45) is 2.70. The second-order valence-electron chi connectivity index (χ2n) is 4.39. The van der Waals surface area contributed by atoms with Crippen molar-refractivity contribution < 1.29 is 9.53 Å². The zero-order valence-electron chi connectivity index (χ0n) is 10.1. The van der Waals surface area contributed by atoms with Gasteiger partial charge in [0.2, 0.25) is 5.91 Å². The van der Waals surface area contributed by atoms with Gasteiger partial charge in [0.25, 0.3) is 0 Å². The van der Waals surface area contributed by atoms with E-state index in [0.717, 1.165) is 18.4 Å². The largest absolute Gasteiger partial charge is 0.495 e. The van der Waals surface area contributed by atoms with Crippen molar-refractivity contribution in [3.63, 3.8) is 0 Å². The quantitative estimate of drug-likeness (QED) is 0.904. The van der Waals surface area contributed by atoms with Gasteiger partial charge in [-0.15, -0.1) is 0 Å². The van der Waals surface area contributed by atoms with Gasteiger partial charge in [0.05, 0.1) is 12.1 Å². The molecule has 3 nitrogen and oxygen atoms in total. The molecule has 18 heavy (non-hydrogen) atoms. The molecule has 2 rings (SSSR count). The van der Waals surface area contributed by atoms with E-state index in [1.165, 1.54) is 0 Å². The third kappa shape index (κ3) is 3.30. The van der Waals surface area contributed by atoms with Crippen LogP contribution in [-0.4, -0.2) is 19.6 Å². The Morgan fingerprint density at radius 2 is 2.11 bits per heavy atom. The van der Waals surface area contributed by atoms with Crippen molar-refractivity contribution in [3.05, 3.63) is 27.7 Å². The number of hydrogen-bond acceptors (Lipinski definition) is 2. The minimum atomic E-state index is 0.144. The topological polar surface area (TPSA) is 38.3 Å². The Bertz CT molecular complexity index is 459. The summed E-state index contributed by atoms with van der Waals surface area (Å²) < 4.78 is 5.08. The molecule has 1 aromatic rings. The molecule has 1 aromatic carbocycles. The van der Waals surface area contributed by atoms with Crippen LogP contribution in [0, 0.1) is 5.92 Å². The second-order valence-corrected chi connectivity index (χ2v) is 5.21. The van der Waals surface area contributed by atoms with Gasteiger partial charge in [0.15, 0.2) is 0 Å². The summed E-state index contributed by atoms with van der Waals surface area (Å²) in [5.41, 5.74) is 0.915. The highest BCUT2D eigenvalue weighted by Gasteiger charge is 2.29. The van der Waals surface area contributed by atoms with Crippen LogP contribution >= 0.6 is 23.2 Å². The molecular formula is C13H15Cl2NO2. The molecule has 0 unspecified atom stereocenters. The van der Waals surface area contributed by atoms with Crippen LogP contribution in [0.15, 0.2) is 12.1 Å². The lowest BCUT2D eigenvalue weighted by Gasteiger charge is -2.09. The predicted octanol–water partition coefficient (Wildman–Crippen LogP) is 3.07. The molecular weight excluding hydrogens is 273 g/mol. The number of halogens is 2. The molecule has 0 bridgehead atoms. The highest BCUT2D eigenvalue weighted by molar-refractivity contribution is 6.34. The van der Waals surface area contributed by atoms with Gasteiger partial charge >= 0.3 is 0 Å². The molecule has 98 valence electrons. The Morgan fingerprint density at radius 3 is 2.72 bits per heavy atom. The summed E-state index contributed by atoms with van der Waals surface area (Å²) in [6.45, 7) is 0.581. The van der Waals surface area contributed by atoms with Crippen LogP contribution < -0.4 is 10.1 Å². The maximum Gasteiger partial charge on any atom is 0.223 e. The van der Waals surface area contributed by atoms with Gasteiger partial charge in [-0.05, 0) is 30.9 Å². The number of amides is 1. The Hall–Kier alpha value is -0.930. The summed E-state index contributed by atoms with van der Waals surface area (Å²) in [7, 11) is 1.55. The molecule has 1 N–H and O–H groups in total. The normalized spacial score (nSPS) is 14.4. The van der Waals surface area contributed by atoms with Crippen LogP contribution in [0.2, 0.25) is 10.0 Å². The highest BCUT2D eigenvalue weighted by atomic mass is 35.5. The average molecular weight is 288 g/mol. The second kappa shape index (κ2) is 5.81. The first kappa shape index (κ1) is 13.5. The number of methoxy groups -OCH3 is 1. The number of rotatable bonds is 5. The molecule has 0 radical (unpaired) electrons. The average Bonchev–Trinajstić information content (AvgIpc) is 3.17. The van der Waals surface area contributed by atoms with Crippen molar-refractivity contribution in [1.82, 2.24) is 5.32 Å². The molecule has 1 saturated carbocycles. The molecule has 0 saturated heterocycles. The third-order valence-electron chi connectivity index (χ3n) is 2.96. The summed E-state index contributed by atoms with van der Waals surface area (Å²) in [5.74, 6) is 0.943. The van der Waals surface area contributed by atoms with Gasteiger partial charge in [-0.1, -0.05) is 23.2 Å². The van der Waals surface area contributed by atoms with Gasteiger partial charge in [-0.25, -0.2) is 0 Å². The molecule has 1 amide bonds. The first-order chi connectivity index (χ1) is 8.61. The van der Waals surface area contributed by atoms with Crippen molar-refractivity contribution in [3.8, 4) is 5.75 Å². The monoisotopic (exact) mass is 287 g/mol. The standard InChI is InChI=1S/C13H15Cl2NO2/c1-18-12-7-10(14)9(6-11(12)15)4-5-16-13(17)8-2-3-8/h6-8H,2-5H2,1H3,(H,16,17). The van der Waals surface area contributed by atoms with Gasteiger partial charge in [0.1, 0.15) is 5.75 Å². The van der Waals surface area contributed by atoms with Crippen molar-refractivity contribution in [2.75, 3.05) is 13.7 Å². The van der Waals surface area contributed by atoms with E-state index in [4.69, 9.17) is 27.9 Å². The molecule has 0 atom stereocenters. The van der Waals surface area contributed by atoms with Crippen LogP contribution in [0.5, 0.6) is 5.75 Å². The first-order valence-electron chi connectivity index (χ1n) is 5.91. The molecule has 0 spiro atoms. The summed E-state index contributed by atoms with van der Waals surface area (Å²) >= 11 is 12.2. The van der Waals surface area contributed by atoms with Gasteiger partial charge in [-0.2, -0.15) is 0 Å². The van der Waals surface area contributed by atoms with E-state index >= 15 is 0 Å². The van der Waals surface area contributed by atoms with Crippen LogP contribution in [0.25, 0.3) is 0 Å². The summed E-state index contributed by atoms with van der Waals surface area (Å²) in [5, 5.41) is 4.04. The van der Waals surface area contributed by atoms with Gasteiger partial charge < -0.3 is 10.1 Å². The lowest BCUT2D eigenvalue weighted by atomic mass is 10.1. The van der Waals surface area contributed by atoms with Crippen molar-refractivity contribution in [2.45, 2.75) is 19.3 Å².